The topological polar surface area (TPSA) is 59.6 Å². The van der Waals surface area contributed by atoms with Crippen molar-refractivity contribution in [1.29, 1.82) is 0 Å². The van der Waals surface area contributed by atoms with E-state index >= 15 is 0 Å². The Hall–Kier alpha value is -5.30. The Morgan fingerprint density at radius 3 is 2.62 bits per heavy atom. The van der Waals surface area contributed by atoms with Crippen LogP contribution in [0.5, 0.6) is 5.75 Å². The Balaban J connectivity index is 1.32. The minimum atomic E-state index is -0.0625. The molecule has 5 heterocycles. The molecule has 0 atom stereocenters. The Morgan fingerprint density at radius 1 is 0.865 bits per heavy atom. The Bertz CT molecular complexity index is 1850. The number of benzene rings is 2. The number of aromatic nitrogens is 4. The van der Waals surface area contributed by atoms with Gasteiger partial charge in [-0.2, -0.15) is 5.01 Å². The van der Waals surface area contributed by atoms with Crippen molar-refractivity contribution in [2.45, 2.75) is 0 Å². The molecule has 0 spiro atoms. The fourth-order valence-corrected chi connectivity index (χ4v) is 4.69. The van der Waals surface area contributed by atoms with Crippen molar-refractivity contribution >= 4 is 27.3 Å². The summed E-state index contributed by atoms with van der Waals surface area (Å²) in [6, 6.07) is 25.9. The number of rotatable bonds is 4. The monoisotopic (exact) mass is 483 g/mol. The lowest BCUT2D eigenvalue weighted by Gasteiger charge is -2.18. The van der Waals surface area contributed by atoms with Gasteiger partial charge in [-0.1, -0.05) is 48.5 Å². The molecule has 37 heavy (non-hydrogen) atoms. The number of imidazole rings is 1. The predicted molar refractivity (Wildman–Crippen MR) is 142 cm³/mol. The molecule has 0 amide bonds. The molecule has 0 unspecified atom stereocenters. The Morgan fingerprint density at radius 2 is 1.73 bits per heavy atom. The van der Waals surface area contributed by atoms with Crippen LogP contribution in [-0.4, -0.2) is 19.3 Å². The molecular formula is C30H21N5O2. The largest absolute Gasteiger partial charge is 0.490 e. The molecule has 7 nitrogen and oxygen atoms in total. The van der Waals surface area contributed by atoms with Crippen LogP contribution in [-0.2, 0) is 0 Å². The average molecular weight is 484 g/mol. The normalized spacial score (nSPS) is 13.7. The summed E-state index contributed by atoms with van der Waals surface area (Å²) < 4.78 is 11.9. The molecular weight excluding hydrogens is 462 g/mol. The number of hydrogen-bond donors (Lipinski definition) is 1. The molecule has 1 aliphatic rings. The summed E-state index contributed by atoms with van der Waals surface area (Å²) >= 11 is 0. The quantitative estimate of drug-likeness (QED) is 0.271. The summed E-state index contributed by atoms with van der Waals surface area (Å²) in [5, 5.41) is 15.0. The molecule has 0 saturated carbocycles. The maximum absolute atomic E-state index is 11.2. The second-order valence-electron chi connectivity index (χ2n) is 8.62. The first-order valence-electron chi connectivity index (χ1n) is 11.9. The van der Waals surface area contributed by atoms with Crippen LogP contribution in [0.15, 0.2) is 134 Å². The first kappa shape index (κ1) is 21.0. The summed E-state index contributed by atoms with van der Waals surface area (Å²) in [6.45, 7) is 0. The highest BCUT2D eigenvalue weighted by atomic mass is 16.5. The van der Waals surface area contributed by atoms with Gasteiger partial charge in [0.15, 0.2) is 5.76 Å². The minimum Gasteiger partial charge on any atom is -0.490 e. The highest BCUT2D eigenvalue weighted by molar-refractivity contribution is 6.09. The van der Waals surface area contributed by atoms with Gasteiger partial charge >= 0.3 is 0 Å². The van der Waals surface area contributed by atoms with Crippen molar-refractivity contribution in [3.63, 3.8) is 0 Å². The van der Waals surface area contributed by atoms with Gasteiger partial charge in [0.05, 0.1) is 28.9 Å². The van der Waals surface area contributed by atoms with E-state index in [4.69, 9.17) is 4.74 Å². The van der Waals surface area contributed by atoms with Gasteiger partial charge in [-0.05, 0) is 42.5 Å². The SMILES string of the molecule is OC1=C(Oc2ccc3c4ccccc4n(-c4ccccn4)c3c2)C=CC=CN1n1[c-][n+]2ccccc2c1. The van der Waals surface area contributed by atoms with Crippen molar-refractivity contribution < 1.29 is 14.2 Å². The molecule has 4 aromatic heterocycles. The van der Waals surface area contributed by atoms with Crippen LogP contribution in [0.4, 0.5) is 0 Å². The number of aliphatic hydroxyl groups excluding tert-OH is 1. The molecule has 2 aromatic carbocycles. The van der Waals surface area contributed by atoms with E-state index in [1.165, 1.54) is 0 Å². The smallest absolute Gasteiger partial charge is 0.270 e. The Kier molecular flexibility index (Phi) is 4.79. The van der Waals surface area contributed by atoms with Crippen LogP contribution in [0.1, 0.15) is 0 Å². The maximum Gasteiger partial charge on any atom is 0.270 e. The van der Waals surface area contributed by atoms with E-state index < -0.39 is 0 Å². The van der Waals surface area contributed by atoms with Crippen LogP contribution < -0.4 is 14.1 Å². The van der Waals surface area contributed by atoms with E-state index in [0.29, 0.717) is 11.5 Å². The number of para-hydroxylation sites is 1. The van der Waals surface area contributed by atoms with Crippen LogP contribution >= 0.6 is 0 Å². The molecule has 7 heteroatoms. The van der Waals surface area contributed by atoms with Crippen molar-refractivity contribution in [2.24, 2.45) is 0 Å². The number of fused-ring (bicyclic) bond motifs is 4. The maximum atomic E-state index is 11.2. The van der Waals surface area contributed by atoms with E-state index in [1.54, 1.807) is 28.2 Å². The highest BCUT2D eigenvalue weighted by Crippen LogP contribution is 2.34. The van der Waals surface area contributed by atoms with Gasteiger partial charge in [0.25, 0.3) is 12.2 Å². The number of ether oxygens (including phenoxy) is 1. The van der Waals surface area contributed by atoms with Gasteiger partial charge in [-0.3, -0.25) is 4.57 Å². The standard InChI is InChI=1S/C30H21N5O2/c36-30-28(12-5-8-18-34(30)33-20-22-9-4-7-17-32(22)21-33)37-23-14-15-25-24-10-1-2-11-26(24)35(27(25)19-23)29-13-3-6-16-31-29/h1-20,36H. The number of pyridine rings is 2. The van der Waals surface area contributed by atoms with Crippen LogP contribution in [0.3, 0.4) is 0 Å². The summed E-state index contributed by atoms with van der Waals surface area (Å²) in [7, 11) is 0. The van der Waals surface area contributed by atoms with Gasteiger partial charge in [0.1, 0.15) is 11.6 Å². The van der Waals surface area contributed by atoms with Crippen molar-refractivity contribution in [3.8, 4) is 11.6 Å². The number of allylic oxidation sites excluding steroid dienone is 3. The summed E-state index contributed by atoms with van der Waals surface area (Å²) in [5.41, 5.74) is 2.97. The predicted octanol–water partition coefficient (Wildman–Crippen LogP) is 5.35. The van der Waals surface area contributed by atoms with E-state index in [0.717, 1.165) is 33.1 Å². The molecule has 0 aliphatic carbocycles. The number of aliphatic hydroxyl groups is 1. The summed E-state index contributed by atoms with van der Waals surface area (Å²) in [5.74, 6) is 1.66. The highest BCUT2D eigenvalue weighted by Gasteiger charge is 2.20. The second kappa shape index (κ2) is 8.42. The number of nitrogens with zero attached hydrogens (tertiary/aromatic N) is 5. The third kappa shape index (κ3) is 3.52. The fraction of sp³-hybridized carbons (Fsp3) is 0. The minimum absolute atomic E-state index is 0.0625. The van der Waals surface area contributed by atoms with Crippen molar-refractivity contribution in [1.82, 2.24) is 14.2 Å². The Labute approximate surface area is 212 Å². The van der Waals surface area contributed by atoms with Crippen molar-refractivity contribution in [3.05, 3.63) is 140 Å². The van der Waals surface area contributed by atoms with Gasteiger partial charge in [0.2, 0.25) is 0 Å². The van der Waals surface area contributed by atoms with Crippen LogP contribution in [0.25, 0.3) is 33.1 Å². The summed E-state index contributed by atoms with van der Waals surface area (Å²) in [4.78, 5) is 4.59. The molecule has 0 bridgehead atoms. The lowest BCUT2D eigenvalue weighted by molar-refractivity contribution is -0.517. The third-order valence-corrected chi connectivity index (χ3v) is 6.36. The van der Waals surface area contributed by atoms with Gasteiger partial charge in [-0.15, -0.1) is 0 Å². The third-order valence-electron chi connectivity index (χ3n) is 6.36. The molecule has 7 rings (SSSR count). The van der Waals surface area contributed by atoms with Crippen molar-refractivity contribution in [2.75, 3.05) is 5.01 Å². The molecule has 1 aliphatic heterocycles. The van der Waals surface area contributed by atoms with E-state index in [9.17, 15) is 5.11 Å². The summed E-state index contributed by atoms with van der Waals surface area (Å²) in [6.07, 6.45) is 15.9. The first-order chi connectivity index (χ1) is 18.3. The zero-order valence-corrected chi connectivity index (χ0v) is 19.6. The second-order valence-corrected chi connectivity index (χ2v) is 8.62. The number of hydrogen-bond acceptors (Lipinski definition) is 4. The molecule has 6 aromatic rings. The van der Waals surface area contributed by atoms with Gasteiger partial charge in [-0.25, -0.2) is 9.66 Å². The molecule has 0 saturated heterocycles. The van der Waals surface area contributed by atoms with E-state index in [2.05, 4.69) is 28.0 Å². The van der Waals surface area contributed by atoms with Gasteiger partial charge < -0.3 is 14.2 Å². The van der Waals surface area contributed by atoms with E-state index in [1.807, 2.05) is 95.7 Å². The van der Waals surface area contributed by atoms with Crippen LogP contribution in [0, 0.1) is 6.33 Å². The van der Waals surface area contributed by atoms with Crippen LogP contribution in [0.2, 0.25) is 0 Å². The molecule has 1 N–H and O–H groups in total. The molecule has 0 radical (unpaired) electrons. The fourth-order valence-electron chi connectivity index (χ4n) is 4.69. The van der Waals surface area contributed by atoms with Gasteiger partial charge in [0, 0.05) is 29.2 Å². The molecule has 0 fully saturated rings. The zero-order valence-electron chi connectivity index (χ0n) is 19.6. The lowest BCUT2D eigenvalue weighted by atomic mass is 10.1. The first-order valence-corrected chi connectivity index (χ1v) is 11.9. The van der Waals surface area contributed by atoms with E-state index in [-0.39, 0.29) is 5.88 Å². The molecule has 178 valence electrons. The zero-order chi connectivity index (χ0) is 24.8. The average Bonchev–Trinajstić information content (AvgIpc) is 3.45. The lowest BCUT2D eigenvalue weighted by Crippen LogP contribution is -2.30.